The maximum atomic E-state index is 11.9. The number of hydrogen-bond acceptors (Lipinski definition) is 2. The van der Waals surface area contributed by atoms with Crippen molar-refractivity contribution < 1.29 is 14.7 Å². The van der Waals surface area contributed by atoms with Crippen LogP contribution in [0.2, 0.25) is 0 Å². The predicted molar refractivity (Wildman–Crippen MR) is 68.9 cm³/mol. The quantitative estimate of drug-likeness (QED) is 0.840. The van der Waals surface area contributed by atoms with E-state index in [0.717, 1.165) is 11.4 Å². The third kappa shape index (κ3) is 3.12. The number of aliphatic carboxylic acids is 1. The molecule has 0 spiro atoms. The van der Waals surface area contributed by atoms with Crippen molar-refractivity contribution >= 4 is 11.9 Å². The Morgan fingerprint density at radius 1 is 1.39 bits per heavy atom. The van der Waals surface area contributed by atoms with Gasteiger partial charge in [0.25, 0.3) is 5.91 Å². The van der Waals surface area contributed by atoms with E-state index < -0.39 is 5.97 Å². The molecule has 100 valence electrons. The number of aromatic nitrogens is 1. The van der Waals surface area contributed by atoms with E-state index >= 15 is 0 Å². The van der Waals surface area contributed by atoms with Gasteiger partial charge >= 0.3 is 5.97 Å². The Hall–Kier alpha value is -1.78. The number of carboxylic acids is 1. The highest BCUT2D eigenvalue weighted by Crippen LogP contribution is 2.19. The molecular weight excluding hydrogens is 232 g/mol. The number of hydrogen-bond donors (Lipinski definition) is 2. The number of nitrogens with zero attached hydrogens (tertiary/aromatic N) is 1. The summed E-state index contributed by atoms with van der Waals surface area (Å²) in [6.07, 6.45) is -0.0609. The molecule has 0 saturated heterocycles. The fourth-order valence-corrected chi connectivity index (χ4v) is 2.18. The molecular formula is C13H20N2O3. The third-order valence-electron chi connectivity index (χ3n) is 2.87. The first-order chi connectivity index (χ1) is 8.34. The first-order valence-corrected chi connectivity index (χ1v) is 6.03. The number of rotatable bonds is 5. The highest BCUT2D eigenvalue weighted by molar-refractivity contribution is 5.95. The van der Waals surface area contributed by atoms with E-state index in [4.69, 9.17) is 5.11 Å². The van der Waals surface area contributed by atoms with Crippen molar-refractivity contribution in [2.24, 2.45) is 0 Å². The lowest BCUT2D eigenvalue weighted by Gasteiger charge is -2.13. The van der Waals surface area contributed by atoms with Gasteiger partial charge in [-0.15, -0.1) is 0 Å². The van der Waals surface area contributed by atoms with Crippen molar-refractivity contribution in [1.29, 1.82) is 0 Å². The second-order valence-electron chi connectivity index (χ2n) is 4.65. The summed E-state index contributed by atoms with van der Waals surface area (Å²) in [6.45, 7) is 8.14. The molecule has 1 rings (SSSR count). The zero-order valence-corrected chi connectivity index (χ0v) is 11.3. The summed E-state index contributed by atoms with van der Waals surface area (Å²) in [7, 11) is 0. The van der Waals surface area contributed by atoms with E-state index in [9.17, 15) is 9.59 Å². The summed E-state index contributed by atoms with van der Waals surface area (Å²) < 4.78 is 2.09. The monoisotopic (exact) mass is 252 g/mol. The minimum absolute atomic E-state index is 0.0609. The van der Waals surface area contributed by atoms with Crippen molar-refractivity contribution in [3.05, 3.63) is 23.0 Å². The topological polar surface area (TPSA) is 71.3 Å². The van der Waals surface area contributed by atoms with Gasteiger partial charge in [-0.1, -0.05) is 0 Å². The van der Waals surface area contributed by atoms with E-state index in [1.807, 2.05) is 19.9 Å². The van der Waals surface area contributed by atoms with Gasteiger partial charge in [0.1, 0.15) is 0 Å². The lowest BCUT2D eigenvalue weighted by Crippen LogP contribution is -2.26. The second kappa shape index (κ2) is 5.71. The molecule has 0 aromatic carbocycles. The molecule has 1 amide bonds. The van der Waals surface area contributed by atoms with Crippen LogP contribution >= 0.6 is 0 Å². The van der Waals surface area contributed by atoms with Crippen LogP contribution in [0.4, 0.5) is 0 Å². The van der Waals surface area contributed by atoms with Crippen LogP contribution in [0.25, 0.3) is 0 Å². The Labute approximate surface area is 107 Å². The first-order valence-electron chi connectivity index (χ1n) is 6.03. The minimum atomic E-state index is -0.914. The van der Waals surface area contributed by atoms with Gasteiger partial charge in [-0.25, -0.2) is 0 Å². The molecule has 0 aliphatic carbocycles. The van der Waals surface area contributed by atoms with E-state index in [-0.39, 0.29) is 18.9 Å². The van der Waals surface area contributed by atoms with Crippen LogP contribution < -0.4 is 5.32 Å². The average molecular weight is 252 g/mol. The molecule has 0 saturated carbocycles. The molecule has 0 aliphatic rings. The van der Waals surface area contributed by atoms with Gasteiger partial charge in [0.05, 0.1) is 12.0 Å². The van der Waals surface area contributed by atoms with Gasteiger partial charge in [0.15, 0.2) is 0 Å². The average Bonchev–Trinajstić information content (AvgIpc) is 2.53. The fraction of sp³-hybridized carbons (Fsp3) is 0.538. The van der Waals surface area contributed by atoms with Gasteiger partial charge in [0.2, 0.25) is 0 Å². The number of carbonyl (C=O) groups is 2. The molecule has 1 aromatic rings. The zero-order chi connectivity index (χ0) is 13.9. The molecule has 0 fully saturated rings. The Balaban J connectivity index is 2.81. The smallest absolute Gasteiger partial charge is 0.305 e. The van der Waals surface area contributed by atoms with Crippen LogP contribution in [0.1, 0.15) is 48.1 Å². The zero-order valence-electron chi connectivity index (χ0n) is 11.3. The summed E-state index contributed by atoms with van der Waals surface area (Å²) in [4.78, 5) is 22.3. The molecule has 18 heavy (non-hydrogen) atoms. The van der Waals surface area contributed by atoms with Gasteiger partial charge in [-0.3, -0.25) is 9.59 Å². The molecule has 5 heteroatoms. The lowest BCUT2D eigenvalue weighted by molar-refractivity contribution is -0.136. The van der Waals surface area contributed by atoms with Crippen LogP contribution in [0.15, 0.2) is 6.07 Å². The van der Waals surface area contributed by atoms with Crippen molar-refractivity contribution in [3.8, 4) is 0 Å². The van der Waals surface area contributed by atoms with Crippen LogP contribution in [0.3, 0.4) is 0 Å². The van der Waals surface area contributed by atoms with Crippen LogP contribution in [-0.4, -0.2) is 28.1 Å². The molecule has 0 unspecified atom stereocenters. The molecule has 0 atom stereocenters. The summed E-state index contributed by atoms with van der Waals surface area (Å²) in [5.41, 5.74) is 2.56. The number of amides is 1. The highest BCUT2D eigenvalue weighted by atomic mass is 16.4. The van der Waals surface area contributed by atoms with E-state index in [2.05, 4.69) is 23.7 Å². The summed E-state index contributed by atoms with van der Waals surface area (Å²) in [5.74, 6) is -1.13. The summed E-state index contributed by atoms with van der Waals surface area (Å²) >= 11 is 0. The second-order valence-corrected chi connectivity index (χ2v) is 4.65. The fourth-order valence-electron chi connectivity index (χ4n) is 2.18. The largest absolute Gasteiger partial charge is 0.481 e. The predicted octanol–water partition coefficient (Wildman–Crippen LogP) is 1.89. The van der Waals surface area contributed by atoms with Crippen LogP contribution in [-0.2, 0) is 4.79 Å². The molecule has 1 aromatic heterocycles. The Kier molecular flexibility index (Phi) is 4.53. The maximum Gasteiger partial charge on any atom is 0.305 e. The maximum absolute atomic E-state index is 11.9. The van der Waals surface area contributed by atoms with Gasteiger partial charge in [-0.2, -0.15) is 0 Å². The number of nitrogens with one attached hydrogen (secondary N) is 1. The number of carbonyl (C=O) groups excluding carboxylic acids is 1. The minimum Gasteiger partial charge on any atom is -0.481 e. The summed E-state index contributed by atoms with van der Waals surface area (Å²) in [6, 6.07) is 2.14. The van der Waals surface area contributed by atoms with Gasteiger partial charge < -0.3 is 15.0 Å². The van der Waals surface area contributed by atoms with E-state index in [1.165, 1.54) is 0 Å². The molecule has 0 radical (unpaired) electrons. The molecule has 0 bridgehead atoms. The summed E-state index contributed by atoms with van der Waals surface area (Å²) in [5, 5.41) is 11.1. The van der Waals surface area contributed by atoms with Gasteiger partial charge in [-0.05, 0) is 33.8 Å². The van der Waals surface area contributed by atoms with Crippen LogP contribution in [0, 0.1) is 13.8 Å². The standard InChI is InChI=1S/C13H20N2O3/c1-8(2)15-9(3)7-11(10(15)4)13(18)14-6-5-12(16)17/h7-8H,5-6H2,1-4H3,(H,14,18)(H,16,17). The van der Waals surface area contributed by atoms with Crippen molar-refractivity contribution in [1.82, 2.24) is 9.88 Å². The Morgan fingerprint density at radius 3 is 2.44 bits per heavy atom. The number of carboxylic acid groups (broad SMARTS) is 1. The van der Waals surface area contributed by atoms with E-state index in [1.54, 1.807) is 0 Å². The molecule has 5 nitrogen and oxygen atoms in total. The first kappa shape index (κ1) is 14.3. The molecule has 2 N–H and O–H groups in total. The Morgan fingerprint density at radius 2 is 2.00 bits per heavy atom. The van der Waals surface area contributed by atoms with Crippen LogP contribution in [0.5, 0.6) is 0 Å². The SMILES string of the molecule is Cc1cc(C(=O)NCCC(=O)O)c(C)n1C(C)C. The Bertz CT molecular complexity index is 461. The third-order valence-corrected chi connectivity index (χ3v) is 2.87. The van der Waals surface area contributed by atoms with Crippen molar-refractivity contribution in [3.63, 3.8) is 0 Å². The van der Waals surface area contributed by atoms with Crippen molar-refractivity contribution in [2.75, 3.05) is 6.54 Å². The molecule has 0 aliphatic heterocycles. The van der Waals surface area contributed by atoms with E-state index in [0.29, 0.717) is 11.6 Å². The number of aryl methyl sites for hydroxylation is 1. The highest BCUT2D eigenvalue weighted by Gasteiger charge is 2.16. The normalized spacial score (nSPS) is 10.7. The van der Waals surface area contributed by atoms with Gasteiger partial charge in [0, 0.05) is 24.0 Å². The van der Waals surface area contributed by atoms with Crippen molar-refractivity contribution in [2.45, 2.75) is 40.2 Å². The lowest BCUT2D eigenvalue weighted by atomic mass is 10.2. The molecule has 1 heterocycles.